The Morgan fingerprint density at radius 3 is 2.67 bits per heavy atom. The molecule has 0 radical (unpaired) electrons. The van der Waals surface area contributed by atoms with Crippen LogP contribution in [-0.2, 0) is 6.54 Å². The highest BCUT2D eigenvalue weighted by Gasteiger charge is 2.13. The lowest BCUT2D eigenvalue weighted by molar-refractivity contribution is 0.340. The Balaban J connectivity index is 1.76. The number of nitrogens with zero attached hydrogens (tertiary/aromatic N) is 3. The van der Waals surface area contributed by atoms with Crippen LogP contribution in [0.25, 0.3) is 5.52 Å². The van der Waals surface area contributed by atoms with Crippen LogP contribution in [0.1, 0.15) is 17.2 Å². The number of hydrogen-bond donors (Lipinski definition) is 1. The maximum absolute atomic E-state index is 5.26. The topological polar surface area (TPSA) is 41.8 Å². The summed E-state index contributed by atoms with van der Waals surface area (Å²) in [6.07, 6.45) is 3.91. The van der Waals surface area contributed by atoms with Gasteiger partial charge in [0.15, 0.2) is 0 Å². The maximum Gasteiger partial charge on any atom is 0.118 e. The van der Waals surface area contributed by atoms with E-state index in [0.717, 1.165) is 24.4 Å². The summed E-state index contributed by atoms with van der Waals surface area (Å²) in [5.74, 6) is 0.880. The number of rotatable bonds is 7. The summed E-state index contributed by atoms with van der Waals surface area (Å²) in [5, 5.41) is 8.07. The van der Waals surface area contributed by atoms with E-state index < -0.39 is 0 Å². The second-order valence-corrected chi connectivity index (χ2v) is 6.17. The molecule has 0 fully saturated rings. The first-order valence-corrected chi connectivity index (χ1v) is 8.10. The number of hydrogen-bond acceptors (Lipinski definition) is 4. The molecular weight excluding hydrogens is 300 g/mol. The molecule has 0 aliphatic rings. The lowest BCUT2D eigenvalue weighted by atomic mass is 10.1. The zero-order valence-electron chi connectivity index (χ0n) is 14.4. The third-order valence-corrected chi connectivity index (χ3v) is 4.11. The third-order valence-electron chi connectivity index (χ3n) is 4.11. The number of methoxy groups -OCH3 is 1. The molecule has 0 saturated carbocycles. The van der Waals surface area contributed by atoms with Gasteiger partial charge in [0, 0.05) is 30.9 Å². The quantitative estimate of drug-likeness (QED) is 0.726. The fraction of sp³-hybridized carbons (Fsp3) is 0.316. The van der Waals surface area contributed by atoms with Crippen molar-refractivity contribution in [2.45, 2.75) is 12.6 Å². The number of nitrogens with one attached hydrogen (secondary N) is 1. The molecule has 0 bridgehead atoms. The molecule has 0 spiro atoms. The van der Waals surface area contributed by atoms with E-state index in [1.807, 2.05) is 41.2 Å². The molecule has 0 aliphatic carbocycles. The monoisotopic (exact) mass is 324 g/mol. The molecule has 5 nitrogen and oxygen atoms in total. The highest BCUT2D eigenvalue weighted by atomic mass is 16.5. The van der Waals surface area contributed by atoms with Gasteiger partial charge in [-0.15, -0.1) is 0 Å². The van der Waals surface area contributed by atoms with Crippen molar-refractivity contribution in [1.29, 1.82) is 0 Å². The Hall–Kier alpha value is -2.37. The van der Waals surface area contributed by atoms with Gasteiger partial charge in [-0.1, -0.05) is 18.2 Å². The van der Waals surface area contributed by atoms with Gasteiger partial charge in [0.05, 0.1) is 18.8 Å². The highest BCUT2D eigenvalue weighted by Crippen LogP contribution is 2.19. The number of likely N-dealkylation sites (N-methyl/N-ethyl adjacent to an activating group) is 1. The van der Waals surface area contributed by atoms with E-state index in [9.17, 15) is 0 Å². The van der Waals surface area contributed by atoms with E-state index in [1.165, 1.54) is 11.1 Å². The minimum absolute atomic E-state index is 0.240. The van der Waals surface area contributed by atoms with Crippen molar-refractivity contribution in [2.75, 3.05) is 27.7 Å². The predicted molar refractivity (Wildman–Crippen MR) is 96.3 cm³/mol. The molecule has 1 atom stereocenters. The van der Waals surface area contributed by atoms with Crippen molar-refractivity contribution < 1.29 is 4.74 Å². The van der Waals surface area contributed by atoms with Gasteiger partial charge in [-0.25, -0.2) is 4.52 Å². The third kappa shape index (κ3) is 3.75. The lowest BCUT2D eigenvalue weighted by Crippen LogP contribution is -2.30. The SMILES string of the molecule is COc1ccc(C(CN(C)C)NCc2cnn3ccccc23)cc1. The first-order chi connectivity index (χ1) is 11.7. The fourth-order valence-electron chi connectivity index (χ4n) is 2.85. The average molecular weight is 324 g/mol. The zero-order valence-corrected chi connectivity index (χ0v) is 14.4. The summed E-state index contributed by atoms with van der Waals surface area (Å²) < 4.78 is 7.16. The summed E-state index contributed by atoms with van der Waals surface area (Å²) >= 11 is 0. The number of benzene rings is 1. The molecule has 1 unspecified atom stereocenters. The van der Waals surface area contributed by atoms with Crippen LogP contribution >= 0.6 is 0 Å². The molecule has 3 aromatic rings. The molecule has 24 heavy (non-hydrogen) atoms. The van der Waals surface area contributed by atoms with E-state index in [4.69, 9.17) is 4.74 Å². The van der Waals surface area contributed by atoms with Crippen LogP contribution < -0.4 is 10.1 Å². The summed E-state index contributed by atoms with van der Waals surface area (Å²) in [6.45, 7) is 1.70. The van der Waals surface area contributed by atoms with Gasteiger partial charge in [-0.3, -0.25) is 0 Å². The Kier molecular flexibility index (Phi) is 5.13. The van der Waals surface area contributed by atoms with Gasteiger partial charge < -0.3 is 15.0 Å². The van der Waals surface area contributed by atoms with E-state index in [2.05, 4.69) is 47.6 Å². The van der Waals surface area contributed by atoms with Crippen LogP contribution in [0.3, 0.4) is 0 Å². The maximum atomic E-state index is 5.26. The smallest absolute Gasteiger partial charge is 0.118 e. The first-order valence-electron chi connectivity index (χ1n) is 8.10. The Labute approximate surface area is 142 Å². The number of ether oxygens (including phenoxy) is 1. The molecule has 3 rings (SSSR count). The normalized spacial score (nSPS) is 12.7. The summed E-state index contributed by atoms with van der Waals surface area (Å²) in [4.78, 5) is 2.19. The fourth-order valence-corrected chi connectivity index (χ4v) is 2.85. The molecule has 0 aliphatic heterocycles. The van der Waals surface area contributed by atoms with Crippen molar-refractivity contribution >= 4 is 5.52 Å². The van der Waals surface area contributed by atoms with Crippen LogP contribution in [0.2, 0.25) is 0 Å². The molecule has 1 aromatic carbocycles. The molecule has 0 saturated heterocycles. The van der Waals surface area contributed by atoms with Crippen molar-refractivity contribution in [3.63, 3.8) is 0 Å². The standard InChI is InChI=1S/C19H24N4O/c1-22(2)14-18(15-7-9-17(24-3)10-8-15)20-12-16-13-21-23-11-5-4-6-19(16)23/h4-11,13,18,20H,12,14H2,1-3H3. The number of aromatic nitrogens is 2. The van der Waals surface area contributed by atoms with E-state index in [-0.39, 0.29) is 6.04 Å². The molecule has 1 N–H and O–H groups in total. The van der Waals surface area contributed by atoms with Gasteiger partial charge in [-0.2, -0.15) is 5.10 Å². The molecule has 126 valence electrons. The Bertz CT molecular complexity index is 779. The van der Waals surface area contributed by atoms with E-state index in [0.29, 0.717) is 0 Å². The average Bonchev–Trinajstić information content (AvgIpc) is 3.02. The van der Waals surface area contributed by atoms with E-state index in [1.54, 1.807) is 7.11 Å². The van der Waals surface area contributed by atoms with Crippen LogP contribution in [0.4, 0.5) is 0 Å². The summed E-state index contributed by atoms with van der Waals surface area (Å²) in [5.41, 5.74) is 3.59. The molecule has 2 heterocycles. The molecular formula is C19H24N4O. The molecule has 2 aromatic heterocycles. The largest absolute Gasteiger partial charge is 0.497 e. The van der Waals surface area contributed by atoms with Crippen molar-refractivity contribution in [3.8, 4) is 5.75 Å². The van der Waals surface area contributed by atoms with Crippen LogP contribution in [-0.4, -0.2) is 42.3 Å². The van der Waals surface area contributed by atoms with Crippen LogP contribution in [0.15, 0.2) is 54.9 Å². The second kappa shape index (κ2) is 7.47. The van der Waals surface area contributed by atoms with Crippen molar-refractivity contribution in [2.24, 2.45) is 0 Å². The highest BCUT2D eigenvalue weighted by molar-refractivity contribution is 5.53. The Morgan fingerprint density at radius 1 is 1.17 bits per heavy atom. The predicted octanol–water partition coefficient (Wildman–Crippen LogP) is 2.74. The summed E-state index contributed by atoms with van der Waals surface area (Å²) in [7, 11) is 5.87. The molecule has 0 amide bonds. The summed E-state index contributed by atoms with van der Waals surface area (Å²) in [6, 6.07) is 14.6. The van der Waals surface area contributed by atoms with Gasteiger partial charge >= 0.3 is 0 Å². The minimum atomic E-state index is 0.240. The first kappa shape index (κ1) is 16.5. The van der Waals surface area contributed by atoms with Crippen molar-refractivity contribution in [1.82, 2.24) is 19.8 Å². The van der Waals surface area contributed by atoms with Gasteiger partial charge in [-0.05, 0) is 43.9 Å². The number of fused-ring (bicyclic) bond motifs is 1. The van der Waals surface area contributed by atoms with E-state index >= 15 is 0 Å². The van der Waals surface area contributed by atoms with Gasteiger partial charge in [0.25, 0.3) is 0 Å². The van der Waals surface area contributed by atoms with Crippen LogP contribution in [0.5, 0.6) is 5.75 Å². The van der Waals surface area contributed by atoms with Gasteiger partial charge in [0.2, 0.25) is 0 Å². The molecule has 5 heteroatoms. The zero-order chi connectivity index (χ0) is 16.9. The Morgan fingerprint density at radius 2 is 1.96 bits per heavy atom. The lowest BCUT2D eigenvalue weighted by Gasteiger charge is -2.23. The minimum Gasteiger partial charge on any atom is -0.497 e. The van der Waals surface area contributed by atoms with Gasteiger partial charge in [0.1, 0.15) is 5.75 Å². The number of pyridine rings is 1. The van der Waals surface area contributed by atoms with Crippen LogP contribution in [0, 0.1) is 0 Å². The second-order valence-electron chi connectivity index (χ2n) is 6.17. The van der Waals surface area contributed by atoms with Crippen molar-refractivity contribution in [3.05, 3.63) is 66.0 Å².